The highest BCUT2D eigenvalue weighted by Gasteiger charge is 2.92. The maximum Gasteiger partial charge on any atom is 0.338 e. The van der Waals surface area contributed by atoms with Gasteiger partial charge in [0.25, 0.3) is 0 Å². The predicted octanol–water partition coefficient (Wildman–Crippen LogP) is 2.06. The number of benzene rings is 2. The lowest BCUT2D eigenvalue weighted by Crippen LogP contribution is -2.38. The Bertz CT molecular complexity index is 1010. The summed E-state index contributed by atoms with van der Waals surface area (Å²) in [7, 11) is 0. The zero-order valence-corrected chi connectivity index (χ0v) is 17.0. The molecule has 0 bridgehead atoms. The molecule has 0 spiro atoms. The van der Waals surface area contributed by atoms with Crippen LogP contribution in [0.1, 0.15) is 34.6 Å². The summed E-state index contributed by atoms with van der Waals surface area (Å²) in [6.45, 7) is 3.06. The highest BCUT2D eigenvalue weighted by molar-refractivity contribution is 5.90. The first-order valence-electron chi connectivity index (χ1n) is 10.0. The van der Waals surface area contributed by atoms with Gasteiger partial charge in [0, 0.05) is 0 Å². The van der Waals surface area contributed by atoms with Gasteiger partial charge in [0.2, 0.25) is 0 Å². The zero-order chi connectivity index (χ0) is 21.9. The van der Waals surface area contributed by atoms with Crippen molar-refractivity contribution in [2.45, 2.75) is 49.3 Å². The molecule has 8 heteroatoms. The largest absolute Gasteiger partial charge is 0.459 e. The molecule has 0 radical (unpaired) electrons. The van der Waals surface area contributed by atoms with Gasteiger partial charge in [-0.2, -0.15) is 0 Å². The third kappa shape index (κ3) is 3.06. The van der Waals surface area contributed by atoms with Gasteiger partial charge >= 0.3 is 11.9 Å². The highest BCUT2D eigenvalue weighted by atomic mass is 16.9. The first kappa shape index (κ1) is 20.1. The molecule has 2 heterocycles. The van der Waals surface area contributed by atoms with Crippen LogP contribution in [0.5, 0.6) is 0 Å². The first-order valence-corrected chi connectivity index (χ1v) is 10.0. The summed E-state index contributed by atoms with van der Waals surface area (Å²) < 4.78 is 28.5. The van der Waals surface area contributed by atoms with Crippen molar-refractivity contribution in [2.75, 3.05) is 6.61 Å². The molecule has 2 aromatic carbocycles. The van der Waals surface area contributed by atoms with Crippen molar-refractivity contribution in [2.24, 2.45) is 0 Å². The molecule has 0 amide bonds. The van der Waals surface area contributed by atoms with E-state index >= 15 is 0 Å². The van der Waals surface area contributed by atoms with Crippen LogP contribution in [0, 0.1) is 0 Å². The third-order valence-corrected chi connectivity index (χ3v) is 5.90. The van der Waals surface area contributed by atoms with Crippen molar-refractivity contribution in [1.82, 2.24) is 0 Å². The van der Waals surface area contributed by atoms with Crippen LogP contribution in [0.3, 0.4) is 0 Å². The van der Waals surface area contributed by atoms with Crippen LogP contribution in [0.4, 0.5) is 0 Å². The lowest BCUT2D eigenvalue weighted by molar-refractivity contribution is -0.222. The molecule has 1 saturated carbocycles. The minimum atomic E-state index is -1.72. The molecule has 1 unspecified atom stereocenters. The molecule has 162 valence electrons. The molecular weight excluding hydrogens is 404 g/mol. The van der Waals surface area contributed by atoms with E-state index in [1.807, 2.05) is 0 Å². The number of hydrogen-bond acceptors (Lipinski definition) is 8. The van der Waals surface area contributed by atoms with Gasteiger partial charge in [0.1, 0.15) is 12.7 Å². The Labute approximate surface area is 178 Å². The Morgan fingerprint density at radius 3 is 2.10 bits per heavy atom. The van der Waals surface area contributed by atoms with Gasteiger partial charge in [0.15, 0.2) is 29.4 Å². The molecule has 31 heavy (non-hydrogen) atoms. The van der Waals surface area contributed by atoms with Gasteiger partial charge in [-0.3, -0.25) is 0 Å². The van der Waals surface area contributed by atoms with Gasteiger partial charge in [-0.05, 0) is 38.1 Å². The second-order valence-corrected chi connectivity index (χ2v) is 8.35. The second kappa shape index (κ2) is 6.86. The Kier molecular flexibility index (Phi) is 4.46. The number of ether oxygens (including phenoxy) is 5. The van der Waals surface area contributed by atoms with E-state index in [0.717, 1.165) is 0 Å². The minimum Gasteiger partial charge on any atom is -0.459 e. The average molecular weight is 426 g/mol. The van der Waals surface area contributed by atoms with Crippen molar-refractivity contribution >= 4 is 11.9 Å². The van der Waals surface area contributed by atoms with E-state index in [1.165, 1.54) is 0 Å². The van der Waals surface area contributed by atoms with Crippen LogP contribution in [-0.4, -0.2) is 59.1 Å². The molecular formula is C23H22O8. The van der Waals surface area contributed by atoms with Crippen LogP contribution in [0.15, 0.2) is 60.7 Å². The number of esters is 2. The number of carbonyl (C=O) groups is 2. The second-order valence-electron chi connectivity index (χ2n) is 8.35. The van der Waals surface area contributed by atoms with E-state index in [2.05, 4.69) is 0 Å². The average Bonchev–Trinajstić information content (AvgIpc) is 2.97. The Balaban J connectivity index is 1.38. The van der Waals surface area contributed by atoms with Crippen LogP contribution in [-0.2, 0) is 23.7 Å². The normalized spacial score (nSPS) is 34.5. The summed E-state index contributed by atoms with van der Waals surface area (Å²) in [4.78, 5) is 25.1. The van der Waals surface area contributed by atoms with Gasteiger partial charge in [0.05, 0.1) is 11.1 Å². The van der Waals surface area contributed by atoms with Crippen molar-refractivity contribution in [1.29, 1.82) is 0 Å². The van der Waals surface area contributed by atoms with Crippen molar-refractivity contribution in [3.63, 3.8) is 0 Å². The number of aliphatic hydroxyl groups is 1. The van der Waals surface area contributed by atoms with Gasteiger partial charge in [-0.25, -0.2) is 9.59 Å². The molecule has 1 aliphatic carbocycles. The highest BCUT2D eigenvalue weighted by Crippen LogP contribution is 2.65. The summed E-state index contributed by atoms with van der Waals surface area (Å²) in [5.74, 6) is -2.19. The number of fused-ring (bicyclic) bond motifs is 3. The summed E-state index contributed by atoms with van der Waals surface area (Å²) in [5.41, 5.74) is -2.51. The zero-order valence-electron chi connectivity index (χ0n) is 17.0. The summed E-state index contributed by atoms with van der Waals surface area (Å²) >= 11 is 0. The topological polar surface area (TPSA) is 101 Å². The number of hydrogen-bond donors (Lipinski definition) is 1. The Hall–Kier alpha value is -2.78. The smallest absolute Gasteiger partial charge is 0.338 e. The summed E-state index contributed by atoms with van der Waals surface area (Å²) in [6.07, 6.45) is -2.86. The molecule has 1 N–H and O–H groups in total. The number of rotatable bonds is 5. The monoisotopic (exact) mass is 426 g/mol. The lowest BCUT2D eigenvalue weighted by Gasteiger charge is -2.21. The molecule has 2 saturated heterocycles. The van der Waals surface area contributed by atoms with Crippen molar-refractivity contribution in [3.8, 4) is 0 Å². The SMILES string of the molecule is CC1(C)O[C@H]2O[C@]3(COC(=O)c4ccccc4)C(OC(=O)c4ccccc4)[C@@]3(O)[C@H]2O1. The maximum absolute atomic E-state index is 12.6. The van der Waals surface area contributed by atoms with Crippen LogP contribution < -0.4 is 0 Å². The van der Waals surface area contributed by atoms with Crippen LogP contribution in [0.2, 0.25) is 0 Å². The quantitative estimate of drug-likeness (QED) is 0.726. The number of carbonyl (C=O) groups excluding carboxylic acids is 2. The van der Waals surface area contributed by atoms with E-state index in [0.29, 0.717) is 11.1 Å². The Morgan fingerprint density at radius 1 is 0.903 bits per heavy atom. The molecule has 8 nitrogen and oxygen atoms in total. The third-order valence-electron chi connectivity index (χ3n) is 5.90. The summed E-state index contributed by atoms with van der Waals surface area (Å²) in [6, 6.07) is 16.9. The Morgan fingerprint density at radius 2 is 1.48 bits per heavy atom. The molecule has 5 rings (SSSR count). The molecule has 2 aliphatic heterocycles. The minimum absolute atomic E-state index is 0.327. The fourth-order valence-corrected chi connectivity index (χ4v) is 4.34. The standard InChI is InChI=1S/C23H22O8/c1-21(2)29-16-19(30-21)31-22(13-27-17(24)14-9-5-3-6-10-14)20(23(16,22)26)28-18(25)15-11-7-4-8-12-15/h3-12,16,19-20,26H,13H2,1-2H3/t16-,19-,20?,22+,23-/m0/s1. The van der Waals surface area contributed by atoms with Crippen LogP contribution in [0.25, 0.3) is 0 Å². The molecule has 0 aromatic heterocycles. The molecule has 3 aliphatic rings. The predicted molar refractivity (Wildman–Crippen MR) is 105 cm³/mol. The molecule has 5 atom stereocenters. The van der Waals surface area contributed by atoms with Crippen molar-refractivity contribution in [3.05, 3.63) is 71.8 Å². The summed E-state index contributed by atoms with van der Waals surface area (Å²) in [5, 5.41) is 11.5. The van der Waals surface area contributed by atoms with Gasteiger partial charge < -0.3 is 28.8 Å². The first-order chi connectivity index (χ1) is 14.8. The van der Waals surface area contributed by atoms with E-state index in [4.69, 9.17) is 23.7 Å². The maximum atomic E-state index is 12.6. The van der Waals surface area contributed by atoms with E-state index in [9.17, 15) is 14.7 Å². The van der Waals surface area contributed by atoms with Crippen molar-refractivity contribution < 1.29 is 38.4 Å². The fourth-order valence-electron chi connectivity index (χ4n) is 4.34. The lowest BCUT2D eigenvalue weighted by atomic mass is 10.1. The van der Waals surface area contributed by atoms with Gasteiger partial charge in [-0.15, -0.1) is 0 Å². The van der Waals surface area contributed by atoms with E-state index in [-0.39, 0.29) is 6.61 Å². The molecule has 3 fully saturated rings. The van der Waals surface area contributed by atoms with E-state index < -0.39 is 47.4 Å². The van der Waals surface area contributed by atoms with E-state index in [1.54, 1.807) is 74.5 Å². The molecule has 2 aromatic rings. The van der Waals surface area contributed by atoms with Crippen LogP contribution >= 0.6 is 0 Å². The van der Waals surface area contributed by atoms with Gasteiger partial charge in [-0.1, -0.05) is 36.4 Å². The fraction of sp³-hybridized carbons (Fsp3) is 0.391.